The number of hydrogen-bond donors (Lipinski definition) is 1. The van der Waals surface area contributed by atoms with Gasteiger partial charge in [0.2, 0.25) is 0 Å². The van der Waals surface area contributed by atoms with Crippen LogP contribution in [0.15, 0.2) is 18.2 Å². The summed E-state index contributed by atoms with van der Waals surface area (Å²) in [5, 5.41) is 9.61. The molecule has 1 aromatic carbocycles. The number of amides is 1. The Hall–Kier alpha value is -1.58. The van der Waals surface area contributed by atoms with Gasteiger partial charge in [-0.1, -0.05) is 0 Å². The lowest BCUT2D eigenvalue weighted by molar-refractivity contribution is 0.0632. The molecular weight excluding hydrogens is 221 g/mol. The summed E-state index contributed by atoms with van der Waals surface area (Å²) in [7, 11) is 0. The van der Waals surface area contributed by atoms with Gasteiger partial charge in [-0.3, -0.25) is 4.79 Å². The highest BCUT2D eigenvalue weighted by Gasteiger charge is 2.26. The van der Waals surface area contributed by atoms with Crippen molar-refractivity contribution in [2.24, 2.45) is 0 Å². The maximum absolute atomic E-state index is 13.1. The van der Waals surface area contributed by atoms with Crippen molar-refractivity contribution in [1.82, 2.24) is 4.90 Å². The van der Waals surface area contributed by atoms with Gasteiger partial charge in [-0.25, -0.2) is 4.39 Å². The molecule has 3 nitrogen and oxygen atoms in total. The number of piperidine rings is 1. The summed E-state index contributed by atoms with van der Waals surface area (Å²) in [5.41, 5.74) is 0.0544. The number of aromatic hydroxyl groups is 1. The van der Waals surface area contributed by atoms with Crippen molar-refractivity contribution in [3.8, 4) is 5.75 Å². The molecule has 0 aliphatic carbocycles. The van der Waals surface area contributed by atoms with Crippen molar-refractivity contribution in [3.63, 3.8) is 0 Å². The summed E-state index contributed by atoms with van der Waals surface area (Å²) in [6.45, 7) is 2.66. The van der Waals surface area contributed by atoms with E-state index in [1.165, 1.54) is 6.07 Å². The highest BCUT2D eigenvalue weighted by atomic mass is 19.1. The monoisotopic (exact) mass is 237 g/mol. The minimum Gasteiger partial charge on any atom is -0.507 e. The third-order valence-electron chi connectivity index (χ3n) is 3.25. The van der Waals surface area contributed by atoms with E-state index >= 15 is 0 Å². The average molecular weight is 237 g/mol. The van der Waals surface area contributed by atoms with Crippen molar-refractivity contribution in [1.29, 1.82) is 0 Å². The van der Waals surface area contributed by atoms with E-state index in [4.69, 9.17) is 0 Å². The zero-order valence-corrected chi connectivity index (χ0v) is 9.82. The Labute approximate surface area is 99.9 Å². The summed E-state index contributed by atoms with van der Waals surface area (Å²) in [4.78, 5) is 13.9. The first kappa shape index (κ1) is 11.9. The van der Waals surface area contributed by atoms with E-state index in [-0.39, 0.29) is 23.3 Å². The number of nitrogens with zero attached hydrogens (tertiary/aromatic N) is 1. The Balaban J connectivity index is 2.26. The third-order valence-corrected chi connectivity index (χ3v) is 3.25. The molecule has 1 unspecified atom stereocenters. The van der Waals surface area contributed by atoms with Crippen molar-refractivity contribution in [3.05, 3.63) is 29.6 Å². The lowest BCUT2D eigenvalue weighted by Gasteiger charge is -2.33. The van der Waals surface area contributed by atoms with Crippen LogP contribution < -0.4 is 0 Å². The van der Waals surface area contributed by atoms with Gasteiger partial charge in [0.15, 0.2) is 0 Å². The molecule has 0 spiro atoms. The van der Waals surface area contributed by atoms with Crippen LogP contribution >= 0.6 is 0 Å². The van der Waals surface area contributed by atoms with Gasteiger partial charge in [0.05, 0.1) is 5.56 Å². The second-order valence-electron chi connectivity index (χ2n) is 4.50. The minimum absolute atomic E-state index is 0.0544. The molecule has 0 aromatic heterocycles. The fourth-order valence-corrected chi connectivity index (χ4v) is 2.23. The molecule has 0 saturated carbocycles. The Bertz CT molecular complexity index is 433. The van der Waals surface area contributed by atoms with Crippen LogP contribution in [0.1, 0.15) is 36.5 Å². The van der Waals surface area contributed by atoms with E-state index in [0.29, 0.717) is 6.54 Å². The summed E-state index contributed by atoms with van der Waals surface area (Å²) in [6.07, 6.45) is 3.04. The Morgan fingerprint density at radius 3 is 2.94 bits per heavy atom. The number of phenols is 1. The van der Waals surface area contributed by atoms with Crippen LogP contribution in [-0.4, -0.2) is 28.5 Å². The maximum Gasteiger partial charge on any atom is 0.257 e. The smallest absolute Gasteiger partial charge is 0.257 e. The molecule has 4 heteroatoms. The van der Waals surface area contributed by atoms with Crippen LogP contribution in [0.25, 0.3) is 0 Å². The van der Waals surface area contributed by atoms with Crippen LogP contribution in [0, 0.1) is 5.82 Å². The van der Waals surface area contributed by atoms with Crippen molar-refractivity contribution in [2.75, 3.05) is 6.54 Å². The number of benzene rings is 1. The first-order valence-electron chi connectivity index (χ1n) is 5.89. The summed E-state index contributed by atoms with van der Waals surface area (Å²) in [5.74, 6) is -0.945. The molecule has 1 N–H and O–H groups in total. The molecule has 1 aliphatic heterocycles. The van der Waals surface area contributed by atoms with Crippen molar-refractivity contribution in [2.45, 2.75) is 32.2 Å². The van der Waals surface area contributed by atoms with Crippen LogP contribution in [0.5, 0.6) is 5.75 Å². The number of halogens is 1. The predicted octanol–water partition coefficient (Wildman–Crippen LogP) is 2.55. The second kappa shape index (κ2) is 4.73. The van der Waals surface area contributed by atoms with Gasteiger partial charge in [-0.05, 0) is 44.4 Å². The minimum atomic E-state index is -0.504. The number of rotatable bonds is 1. The number of likely N-dealkylation sites (tertiary alicyclic amines) is 1. The van der Waals surface area contributed by atoms with Crippen LogP contribution in [0.2, 0.25) is 0 Å². The van der Waals surface area contributed by atoms with Crippen LogP contribution in [-0.2, 0) is 0 Å². The molecule has 0 radical (unpaired) electrons. The molecule has 0 bridgehead atoms. The zero-order chi connectivity index (χ0) is 12.4. The molecule has 2 rings (SSSR count). The lowest BCUT2D eigenvalue weighted by Crippen LogP contribution is -2.42. The van der Waals surface area contributed by atoms with Crippen LogP contribution in [0.3, 0.4) is 0 Å². The molecule has 1 atom stereocenters. The topological polar surface area (TPSA) is 40.5 Å². The van der Waals surface area contributed by atoms with E-state index in [1.807, 2.05) is 6.92 Å². The predicted molar refractivity (Wildman–Crippen MR) is 62.4 cm³/mol. The fraction of sp³-hybridized carbons (Fsp3) is 0.462. The van der Waals surface area contributed by atoms with Gasteiger partial charge in [0.1, 0.15) is 11.6 Å². The van der Waals surface area contributed by atoms with E-state index in [0.717, 1.165) is 31.4 Å². The van der Waals surface area contributed by atoms with Gasteiger partial charge in [0, 0.05) is 12.6 Å². The van der Waals surface area contributed by atoms with Gasteiger partial charge in [-0.15, -0.1) is 0 Å². The normalized spacial score (nSPS) is 20.4. The van der Waals surface area contributed by atoms with E-state index in [9.17, 15) is 14.3 Å². The molecule has 1 aromatic rings. The quantitative estimate of drug-likeness (QED) is 0.815. The van der Waals surface area contributed by atoms with Gasteiger partial charge >= 0.3 is 0 Å². The lowest BCUT2D eigenvalue weighted by atomic mass is 10.0. The summed E-state index contributed by atoms with van der Waals surface area (Å²) >= 11 is 0. The first-order chi connectivity index (χ1) is 8.09. The number of carbonyl (C=O) groups excluding carboxylic acids is 1. The molecular formula is C13H16FNO2. The third kappa shape index (κ3) is 2.40. The largest absolute Gasteiger partial charge is 0.507 e. The Morgan fingerprint density at radius 2 is 2.24 bits per heavy atom. The summed E-state index contributed by atoms with van der Waals surface area (Å²) in [6, 6.07) is 3.61. The van der Waals surface area contributed by atoms with E-state index < -0.39 is 5.82 Å². The standard InChI is InChI=1S/C13H16FNO2/c1-9-4-2-3-7-15(9)13(17)11-8-10(14)5-6-12(11)16/h5-6,8-9,16H,2-4,7H2,1H3. The maximum atomic E-state index is 13.1. The van der Waals surface area contributed by atoms with Crippen molar-refractivity contribution < 1.29 is 14.3 Å². The highest BCUT2D eigenvalue weighted by molar-refractivity contribution is 5.97. The molecule has 1 aliphatic rings. The molecule has 17 heavy (non-hydrogen) atoms. The first-order valence-corrected chi connectivity index (χ1v) is 5.89. The van der Waals surface area contributed by atoms with Crippen LogP contribution in [0.4, 0.5) is 4.39 Å². The molecule has 92 valence electrons. The molecule has 1 amide bonds. The van der Waals surface area contributed by atoms with Crippen molar-refractivity contribution >= 4 is 5.91 Å². The number of hydrogen-bond acceptors (Lipinski definition) is 2. The Morgan fingerprint density at radius 1 is 1.47 bits per heavy atom. The van der Waals surface area contributed by atoms with E-state index in [1.54, 1.807) is 4.90 Å². The van der Waals surface area contributed by atoms with Gasteiger partial charge in [0.25, 0.3) is 5.91 Å². The SMILES string of the molecule is CC1CCCCN1C(=O)c1cc(F)ccc1O. The van der Waals surface area contributed by atoms with E-state index in [2.05, 4.69) is 0 Å². The fourth-order valence-electron chi connectivity index (χ4n) is 2.23. The molecule has 1 fully saturated rings. The average Bonchev–Trinajstić information content (AvgIpc) is 2.32. The van der Waals surface area contributed by atoms with Gasteiger partial charge < -0.3 is 10.0 Å². The Kier molecular flexibility index (Phi) is 3.31. The number of carbonyl (C=O) groups is 1. The number of phenolic OH excluding ortho intramolecular Hbond substituents is 1. The van der Waals surface area contributed by atoms with Gasteiger partial charge in [-0.2, -0.15) is 0 Å². The highest BCUT2D eigenvalue weighted by Crippen LogP contribution is 2.24. The zero-order valence-electron chi connectivity index (χ0n) is 9.82. The molecule has 1 heterocycles. The molecule has 1 saturated heterocycles. The summed E-state index contributed by atoms with van der Waals surface area (Å²) < 4.78 is 13.1. The second-order valence-corrected chi connectivity index (χ2v) is 4.50.